The number of benzene rings is 1. The van der Waals surface area contributed by atoms with E-state index in [9.17, 15) is 29.1 Å². The fourth-order valence-corrected chi connectivity index (χ4v) is 7.22. The lowest BCUT2D eigenvalue weighted by Gasteiger charge is -2.49. The van der Waals surface area contributed by atoms with Gasteiger partial charge in [0.25, 0.3) is 0 Å². The first-order chi connectivity index (χ1) is 21.1. The van der Waals surface area contributed by atoms with Gasteiger partial charge < -0.3 is 31.7 Å². The van der Waals surface area contributed by atoms with Gasteiger partial charge in [-0.2, -0.15) is 0 Å². The Bertz CT molecular complexity index is 1370. The van der Waals surface area contributed by atoms with Crippen molar-refractivity contribution in [2.45, 2.75) is 56.0 Å². The molecule has 236 valence electrons. The van der Waals surface area contributed by atoms with Crippen LogP contribution in [0.4, 0.5) is 0 Å². The molecule has 6 N–H and O–H groups in total. The molecular weight excluding hydrogens is 606 g/mol. The number of rotatable bonds is 13. The number of nitrogens with one attached hydrogen (secondary N) is 1. The van der Waals surface area contributed by atoms with Gasteiger partial charge in [0.2, 0.25) is 23.5 Å². The minimum Gasteiger partial charge on any atom is -0.481 e. The van der Waals surface area contributed by atoms with Crippen molar-refractivity contribution < 1.29 is 29.1 Å². The van der Waals surface area contributed by atoms with Crippen LogP contribution in [0.5, 0.6) is 0 Å². The summed E-state index contributed by atoms with van der Waals surface area (Å²) >= 11 is 2.52. The van der Waals surface area contributed by atoms with Crippen molar-refractivity contribution in [2.24, 2.45) is 22.4 Å². The Morgan fingerprint density at radius 1 is 1.18 bits per heavy atom. The number of fused-ring (bicyclic) bond motifs is 1. The quantitative estimate of drug-likeness (QED) is 0.104. The van der Waals surface area contributed by atoms with Crippen LogP contribution in [0.15, 0.2) is 46.9 Å². The number of thiazole rings is 1. The number of carboxylic acid groups (broad SMARTS) is 1. The predicted molar refractivity (Wildman–Crippen MR) is 167 cm³/mol. The van der Waals surface area contributed by atoms with E-state index in [1.165, 1.54) is 46.0 Å². The predicted octanol–water partition coefficient (Wildman–Crippen LogP) is 0.741. The van der Waals surface area contributed by atoms with Crippen LogP contribution < -0.4 is 16.8 Å². The van der Waals surface area contributed by atoms with E-state index in [-0.39, 0.29) is 61.2 Å². The molecule has 2 fully saturated rings. The second-order valence-corrected chi connectivity index (χ2v) is 12.9. The van der Waals surface area contributed by atoms with Gasteiger partial charge in [0.1, 0.15) is 11.3 Å². The van der Waals surface area contributed by atoms with Crippen molar-refractivity contribution in [3.05, 3.63) is 52.5 Å². The average Bonchev–Trinajstić information content (AvgIpc) is 3.56. The van der Waals surface area contributed by atoms with E-state index in [2.05, 4.69) is 15.3 Å². The second-order valence-electron chi connectivity index (χ2n) is 10.8. The molecule has 5 unspecified atom stereocenters. The molecule has 0 bridgehead atoms. The van der Waals surface area contributed by atoms with E-state index in [0.717, 1.165) is 5.56 Å². The molecule has 1 aromatic heterocycles. The average molecular weight is 644 g/mol. The minimum atomic E-state index is -1.19. The fourth-order valence-electron chi connectivity index (χ4n) is 5.37. The lowest BCUT2D eigenvalue weighted by atomic mass is 9.93. The van der Waals surface area contributed by atoms with Gasteiger partial charge >= 0.3 is 5.97 Å². The number of guanidine groups is 1. The van der Waals surface area contributed by atoms with Gasteiger partial charge in [0, 0.05) is 43.4 Å². The van der Waals surface area contributed by atoms with Gasteiger partial charge in [-0.25, -0.2) is 4.98 Å². The third-order valence-corrected chi connectivity index (χ3v) is 9.87. The number of aromatic nitrogens is 1. The van der Waals surface area contributed by atoms with Crippen LogP contribution in [0, 0.1) is 5.92 Å². The third kappa shape index (κ3) is 8.14. The summed E-state index contributed by atoms with van der Waals surface area (Å²) in [6.45, 7) is 1.91. The third-order valence-electron chi connectivity index (χ3n) is 7.74. The Labute approximate surface area is 263 Å². The zero-order valence-corrected chi connectivity index (χ0v) is 26.0. The molecule has 4 rings (SSSR count). The molecule has 2 aliphatic heterocycles. The van der Waals surface area contributed by atoms with E-state index in [0.29, 0.717) is 18.6 Å². The summed E-state index contributed by atoms with van der Waals surface area (Å²) in [5.74, 6) is -3.54. The minimum absolute atomic E-state index is 0.0288. The number of carboxylic acids is 1. The molecule has 3 heterocycles. The zero-order chi connectivity index (χ0) is 31.8. The maximum atomic E-state index is 13.8. The summed E-state index contributed by atoms with van der Waals surface area (Å²) in [6.07, 6.45) is 2.84. The standard InChI is InChI=1S/C29H37N7O6S2/c1-17(28(41)42)23-27(40)35-15-21(44-16-19(35)14-36(23)22(37)10-9-18-6-3-2-4-7-18)25(39)34-20(8-5-11-33-29(30)31)24(38)26-32-12-13-43-26/h2-4,6-7,12-13,17,19-21,23H,5,8-11,14-16H2,1H3,(H,34,39)(H,41,42)(H4,30,31,33). The van der Waals surface area contributed by atoms with E-state index >= 15 is 0 Å². The van der Waals surface area contributed by atoms with E-state index < -0.39 is 41.0 Å². The molecule has 13 nitrogen and oxygen atoms in total. The Morgan fingerprint density at radius 2 is 1.93 bits per heavy atom. The molecule has 5 atom stereocenters. The smallest absolute Gasteiger partial charge is 0.308 e. The Hall–Kier alpha value is -3.98. The number of aliphatic imine (C=N–C) groups is 1. The summed E-state index contributed by atoms with van der Waals surface area (Å²) in [4.78, 5) is 76.7. The number of aryl methyl sites for hydroxylation is 1. The second kappa shape index (κ2) is 15.1. The lowest BCUT2D eigenvalue weighted by molar-refractivity contribution is -0.163. The van der Waals surface area contributed by atoms with E-state index in [1.807, 2.05) is 30.3 Å². The van der Waals surface area contributed by atoms with Crippen molar-refractivity contribution in [2.75, 3.05) is 25.4 Å². The number of carbonyl (C=O) groups excluding carboxylic acids is 4. The van der Waals surface area contributed by atoms with Crippen LogP contribution in [0.25, 0.3) is 0 Å². The van der Waals surface area contributed by atoms with Gasteiger partial charge in [-0.15, -0.1) is 23.1 Å². The summed E-state index contributed by atoms with van der Waals surface area (Å²) in [6, 6.07) is 7.05. The van der Waals surface area contributed by atoms with E-state index in [1.54, 1.807) is 5.38 Å². The van der Waals surface area contributed by atoms with Crippen LogP contribution in [0.3, 0.4) is 0 Å². The van der Waals surface area contributed by atoms with Crippen LogP contribution in [-0.2, 0) is 25.6 Å². The normalized spacial score (nSPS) is 21.1. The maximum absolute atomic E-state index is 13.8. The number of piperazine rings is 1. The highest BCUT2D eigenvalue weighted by Gasteiger charge is 2.49. The number of nitrogens with two attached hydrogens (primary N) is 2. The van der Waals surface area contributed by atoms with Crippen molar-refractivity contribution >= 4 is 58.5 Å². The zero-order valence-electron chi connectivity index (χ0n) is 24.3. The highest BCUT2D eigenvalue weighted by Crippen LogP contribution is 2.32. The summed E-state index contributed by atoms with van der Waals surface area (Å²) in [5, 5.41) is 13.9. The number of carbonyl (C=O) groups is 5. The van der Waals surface area contributed by atoms with Crippen LogP contribution in [0.1, 0.15) is 41.6 Å². The number of hydrogen-bond acceptors (Lipinski definition) is 9. The van der Waals surface area contributed by atoms with E-state index in [4.69, 9.17) is 11.5 Å². The molecule has 0 radical (unpaired) electrons. The Kier molecular flexibility index (Phi) is 11.3. The van der Waals surface area contributed by atoms with Crippen LogP contribution >= 0.6 is 23.1 Å². The fraction of sp³-hybridized carbons (Fsp3) is 0.483. The number of Topliss-reactive ketones (excluding diaryl/α,β-unsaturated/α-hetero) is 1. The van der Waals surface area contributed by atoms with Crippen LogP contribution in [0.2, 0.25) is 0 Å². The Balaban J connectivity index is 1.45. The van der Waals surface area contributed by atoms with Gasteiger partial charge in [-0.05, 0) is 31.7 Å². The first-order valence-electron chi connectivity index (χ1n) is 14.3. The summed E-state index contributed by atoms with van der Waals surface area (Å²) in [5.41, 5.74) is 11.8. The van der Waals surface area contributed by atoms with Crippen LogP contribution in [-0.4, -0.2) is 104 Å². The molecule has 2 aliphatic rings. The highest BCUT2D eigenvalue weighted by atomic mass is 32.2. The molecular formula is C29H37N7O6S2. The lowest BCUT2D eigenvalue weighted by Crippen LogP contribution is -2.69. The first-order valence-corrected chi connectivity index (χ1v) is 16.3. The molecule has 2 aromatic rings. The number of amides is 3. The number of nitrogens with zero attached hydrogens (tertiary/aromatic N) is 4. The topological polar surface area (TPSA) is 201 Å². The van der Waals surface area contributed by atoms with Gasteiger partial charge in [-0.1, -0.05) is 30.3 Å². The van der Waals surface area contributed by atoms with Crippen molar-refractivity contribution in [3.8, 4) is 0 Å². The van der Waals surface area contributed by atoms with Gasteiger partial charge in [0.05, 0.1) is 18.0 Å². The molecule has 0 saturated carbocycles. The monoisotopic (exact) mass is 643 g/mol. The Morgan fingerprint density at radius 3 is 2.59 bits per heavy atom. The molecule has 2 saturated heterocycles. The van der Waals surface area contributed by atoms with Crippen molar-refractivity contribution in [1.29, 1.82) is 0 Å². The highest BCUT2D eigenvalue weighted by molar-refractivity contribution is 8.00. The van der Waals surface area contributed by atoms with Crippen molar-refractivity contribution in [3.63, 3.8) is 0 Å². The number of aliphatic carboxylic acids is 1. The summed E-state index contributed by atoms with van der Waals surface area (Å²) in [7, 11) is 0. The van der Waals surface area contributed by atoms with Gasteiger partial charge in [-0.3, -0.25) is 29.0 Å². The molecule has 0 spiro atoms. The number of hydrogen-bond donors (Lipinski definition) is 4. The molecule has 44 heavy (non-hydrogen) atoms. The molecule has 0 aliphatic carbocycles. The molecule has 1 aromatic carbocycles. The SMILES string of the molecule is CC(C(=O)O)C1C(=O)N2CC(C(=O)NC(CCCN=C(N)N)C(=O)c3nccs3)SCC2CN1C(=O)CCc1ccccc1. The van der Waals surface area contributed by atoms with Gasteiger partial charge in [0.15, 0.2) is 11.0 Å². The number of thioether (sulfide) groups is 1. The molecule has 3 amide bonds. The number of ketones is 1. The maximum Gasteiger partial charge on any atom is 0.308 e. The first kappa shape index (κ1) is 32.9. The summed E-state index contributed by atoms with van der Waals surface area (Å²) < 4.78 is 0. The van der Waals surface area contributed by atoms with Crippen molar-refractivity contribution in [1.82, 2.24) is 20.1 Å². The molecule has 15 heteroatoms. The largest absolute Gasteiger partial charge is 0.481 e.